The van der Waals surface area contributed by atoms with E-state index < -0.39 is 0 Å². The molecule has 24 heavy (non-hydrogen) atoms. The second-order valence-electron chi connectivity index (χ2n) is 5.96. The van der Waals surface area contributed by atoms with Gasteiger partial charge in [0, 0.05) is 17.1 Å². The maximum atomic E-state index is 6.25. The molecule has 0 bridgehead atoms. The average molecular weight is 310 g/mol. The Balaban J connectivity index is 2.06. The number of aromatic nitrogens is 2. The number of nitrogens with zero attached hydrogens (tertiary/aromatic N) is 2. The first kappa shape index (κ1) is 13.3. The maximum Gasteiger partial charge on any atom is 0.164 e. The molecule has 0 saturated carbocycles. The van der Waals surface area contributed by atoms with Crippen LogP contribution in [0, 0.1) is 6.92 Å². The van der Waals surface area contributed by atoms with Crippen molar-refractivity contribution in [1.82, 2.24) is 9.97 Å². The fourth-order valence-electron chi connectivity index (χ4n) is 3.27. The smallest absolute Gasteiger partial charge is 0.164 e. The number of hydrogen-bond donors (Lipinski definition) is 0. The standard InChI is InChI=1S/C21H14N2O/c1-13-11-12-22-19-17-15-9-5-6-10-16(15)23-18(21(17)24-20(13)19)14-7-3-2-4-8-14/h2-12H,1H3. The van der Waals surface area contributed by atoms with Gasteiger partial charge >= 0.3 is 0 Å². The second-order valence-corrected chi connectivity index (χ2v) is 5.96. The molecule has 0 spiro atoms. The van der Waals surface area contributed by atoms with E-state index in [4.69, 9.17) is 9.40 Å². The van der Waals surface area contributed by atoms with Crippen LogP contribution in [0.25, 0.3) is 44.2 Å². The minimum Gasteiger partial charge on any atom is -0.452 e. The van der Waals surface area contributed by atoms with Crippen LogP contribution in [-0.2, 0) is 0 Å². The Morgan fingerprint density at radius 3 is 2.50 bits per heavy atom. The van der Waals surface area contributed by atoms with Gasteiger partial charge in [-0.15, -0.1) is 0 Å². The van der Waals surface area contributed by atoms with Gasteiger partial charge in [0.2, 0.25) is 0 Å². The molecule has 0 aliphatic rings. The zero-order valence-corrected chi connectivity index (χ0v) is 13.2. The van der Waals surface area contributed by atoms with Gasteiger partial charge < -0.3 is 4.42 Å². The lowest BCUT2D eigenvalue weighted by Crippen LogP contribution is -1.87. The molecule has 3 aromatic heterocycles. The second kappa shape index (κ2) is 4.90. The normalized spacial score (nSPS) is 11.5. The number of hydrogen-bond acceptors (Lipinski definition) is 3. The van der Waals surface area contributed by atoms with E-state index in [-0.39, 0.29) is 0 Å². The zero-order chi connectivity index (χ0) is 16.1. The summed E-state index contributed by atoms with van der Waals surface area (Å²) in [6.45, 7) is 2.05. The molecule has 0 radical (unpaired) electrons. The summed E-state index contributed by atoms with van der Waals surface area (Å²) in [7, 11) is 0. The van der Waals surface area contributed by atoms with E-state index in [1.165, 1.54) is 0 Å². The highest BCUT2D eigenvalue weighted by Crippen LogP contribution is 2.38. The van der Waals surface area contributed by atoms with Crippen LogP contribution in [0.5, 0.6) is 0 Å². The summed E-state index contributed by atoms with van der Waals surface area (Å²) in [6, 6.07) is 20.3. The van der Waals surface area contributed by atoms with Gasteiger partial charge in [0.25, 0.3) is 0 Å². The maximum absolute atomic E-state index is 6.25. The van der Waals surface area contributed by atoms with Crippen molar-refractivity contribution in [2.24, 2.45) is 0 Å². The number of fused-ring (bicyclic) bond motifs is 5. The number of furan rings is 1. The van der Waals surface area contributed by atoms with Crippen LogP contribution in [0.2, 0.25) is 0 Å². The van der Waals surface area contributed by atoms with E-state index in [0.717, 1.165) is 49.8 Å². The Labute approximate surface area is 138 Å². The number of aryl methyl sites for hydroxylation is 1. The summed E-state index contributed by atoms with van der Waals surface area (Å²) in [5.74, 6) is 0. The lowest BCUT2D eigenvalue weighted by Gasteiger charge is -2.05. The van der Waals surface area contributed by atoms with Gasteiger partial charge in [0.1, 0.15) is 11.2 Å². The molecule has 3 nitrogen and oxygen atoms in total. The SMILES string of the molecule is Cc1ccnc2c1oc1c(-c3ccccc3)nc3ccccc3c12. The first-order valence-electron chi connectivity index (χ1n) is 7.95. The monoisotopic (exact) mass is 310 g/mol. The molecule has 0 amide bonds. The van der Waals surface area contributed by atoms with Crippen molar-refractivity contribution in [2.45, 2.75) is 6.92 Å². The highest BCUT2D eigenvalue weighted by molar-refractivity contribution is 6.19. The predicted molar refractivity (Wildman–Crippen MR) is 97.0 cm³/mol. The van der Waals surface area contributed by atoms with Crippen LogP contribution in [0.15, 0.2) is 71.3 Å². The third-order valence-corrected chi connectivity index (χ3v) is 4.44. The molecule has 3 heterocycles. The fraction of sp³-hybridized carbons (Fsp3) is 0.0476. The minimum absolute atomic E-state index is 0.802. The molecular weight excluding hydrogens is 296 g/mol. The van der Waals surface area contributed by atoms with E-state index in [9.17, 15) is 0 Å². The molecule has 0 aliphatic carbocycles. The van der Waals surface area contributed by atoms with Gasteiger partial charge in [-0.1, -0.05) is 48.5 Å². The molecule has 0 fully saturated rings. The van der Waals surface area contributed by atoms with Gasteiger partial charge in [0.05, 0.1) is 10.9 Å². The van der Waals surface area contributed by atoms with E-state index >= 15 is 0 Å². The molecular formula is C21H14N2O. The van der Waals surface area contributed by atoms with Crippen molar-refractivity contribution in [3.05, 3.63) is 72.4 Å². The van der Waals surface area contributed by atoms with Gasteiger partial charge in [-0.3, -0.25) is 4.98 Å². The molecule has 3 heteroatoms. The van der Waals surface area contributed by atoms with Crippen LogP contribution in [0.4, 0.5) is 0 Å². The van der Waals surface area contributed by atoms with Crippen LogP contribution in [-0.4, -0.2) is 9.97 Å². The van der Waals surface area contributed by atoms with E-state index in [2.05, 4.69) is 23.2 Å². The molecule has 114 valence electrons. The third-order valence-electron chi connectivity index (χ3n) is 4.44. The highest BCUT2D eigenvalue weighted by atomic mass is 16.3. The summed E-state index contributed by atoms with van der Waals surface area (Å²) in [5.41, 5.74) is 6.49. The Hall–Kier alpha value is -3.20. The molecule has 0 saturated heterocycles. The molecule has 0 N–H and O–H groups in total. The van der Waals surface area contributed by atoms with Gasteiger partial charge in [-0.05, 0) is 24.6 Å². The van der Waals surface area contributed by atoms with Crippen LogP contribution in [0.3, 0.4) is 0 Å². The Morgan fingerprint density at radius 2 is 1.62 bits per heavy atom. The van der Waals surface area contributed by atoms with Gasteiger partial charge in [0.15, 0.2) is 11.2 Å². The first-order valence-corrected chi connectivity index (χ1v) is 7.95. The van der Waals surface area contributed by atoms with Gasteiger partial charge in [-0.25, -0.2) is 4.98 Å². The summed E-state index contributed by atoms with van der Waals surface area (Å²) in [5, 5.41) is 2.11. The van der Waals surface area contributed by atoms with Crippen molar-refractivity contribution in [3.8, 4) is 11.3 Å². The van der Waals surface area contributed by atoms with Crippen LogP contribution >= 0.6 is 0 Å². The lowest BCUT2D eigenvalue weighted by atomic mass is 10.0. The minimum atomic E-state index is 0.802. The first-order chi connectivity index (χ1) is 11.8. The molecule has 0 aliphatic heterocycles. The van der Waals surface area contributed by atoms with E-state index in [1.807, 2.05) is 55.6 Å². The number of rotatable bonds is 1. The largest absolute Gasteiger partial charge is 0.452 e. The number of pyridine rings is 2. The van der Waals surface area contributed by atoms with Crippen molar-refractivity contribution in [3.63, 3.8) is 0 Å². The van der Waals surface area contributed by atoms with E-state index in [0.29, 0.717) is 0 Å². The topological polar surface area (TPSA) is 38.9 Å². The summed E-state index contributed by atoms with van der Waals surface area (Å²) < 4.78 is 6.25. The van der Waals surface area contributed by atoms with Crippen molar-refractivity contribution in [1.29, 1.82) is 0 Å². The highest BCUT2D eigenvalue weighted by Gasteiger charge is 2.18. The molecule has 0 atom stereocenters. The van der Waals surface area contributed by atoms with Crippen LogP contribution in [0.1, 0.15) is 5.56 Å². The van der Waals surface area contributed by atoms with E-state index in [1.54, 1.807) is 0 Å². The quantitative estimate of drug-likeness (QED) is 0.410. The summed E-state index contributed by atoms with van der Waals surface area (Å²) in [6.07, 6.45) is 1.84. The van der Waals surface area contributed by atoms with Crippen molar-refractivity contribution >= 4 is 33.0 Å². The molecule has 5 rings (SSSR count). The Morgan fingerprint density at radius 1 is 0.833 bits per heavy atom. The number of para-hydroxylation sites is 1. The van der Waals surface area contributed by atoms with Crippen molar-refractivity contribution < 1.29 is 4.42 Å². The van der Waals surface area contributed by atoms with Crippen LogP contribution < -0.4 is 0 Å². The Bertz CT molecular complexity index is 1210. The molecule has 0 unspecified atom stereocenters. The van der Waals surface area contributed by atoms with Gasteiger partial charge in [-0.2, -0.15) is 0 Å². The summed E-state index contributed by atoms with van der Waals surface area (Å²) >= 11 is 0. The number of benzene rings is 2. The molecule has 5 aromatic rings. The summed E-state index contributed by atoms with van der Waals surface area (Å²) in [4.78, 5) is 9.47. The molecule has 2 aromatic carbocycles. The third kappa shape index (κ3) is 1.78. The Kier molecular flexibility index (Phi) is 2.71. The zero-order valence-electron chi connectivity index (χ0n) is 13.2. The lowest BCUT2D eigenvalue weighted by molar-refractivity contribution is 0.664. The predicted octanol–water partition coefficient (Wildman–Crippen LogP) is 5.50. The van der Waals surface area contributed by atoms with Crippen molar-refractivity contribution in [2.75, 3.05) is 0 Å². The average Bonchev–Trinajstić information content (AvgIpc) is 3.03. The fourth-order valence-corrected chi connectivity index (χ4v) is 3.27.